The molecule has 1 saturated heterocycles. The number of carbonyl (C=O) groups excluding carboxylic acids is 2. The third kappa shape index (κ3) is 3.22. The van der Waals surface area contributed by atoms with Crippen LogP contribution in [0, 0.1) is 0 Å². The lowest BCUT2D eigenvalue weighted by atomic mass is 10.3. The molecule has 0 spiro atoms. The van der Waals surface area contributed by atoms with Gasteiger partial charge in [-0.25, -0.2) is 0 Å². The van der Waals surface area contributed by atoms with Gasteiger partial charge in [-0.3, -0.25) is 9.59 Å². The molecule has 0 N–H and O–H groups in total. The molecular formula is C11H20N2O2. The highest BCUT2D eigenvalue weighted by Gasteiger charge is 2.19. The first-order valence-corrected chi connectivity index (χ1v) is 5.74. The van der Waals surface area contributed by atoms with Gasteiger partial charge in [0.1, 0.15) is 0 Å². The Kier molecular flexibility index (Phi) is 4.59. The van der Waals surface area contributed by atoms with E-state index in [1.165, 1.54) is 0 Å². The summed E-state index contributed by atoms with van der Waals surface area (Å²) >= 11 is 0. The molecule has 0 radical (unpaired) electrons. The molecule has 0 atom stereocenters. The highest BCUT2D eigenvalue weighted by molar-refractivity contribution is 5.77. The summed E-state index contributed by atoms with van der Waals surface area (Å²) in [6.07, 6.45) is 2.01. The molecule has 0 unspecified atom stereocenters. The highest BCUT2D eigenvalue weighted by Crippen LogP contribution is 2.06. The van der Waals surface area contributed by atoms with E-state index in [4.69, 9.17) is 0 Å². The van der Waals surface area contributed by atoms with E-state index in [0.29, 0.717) is 25.9 Å². The molecule has 4 heteroatoms. The summed E-state index contributed by atoms with van der Waals surface area (Å²) in [6.45, 7) is 6.72. The number of hydrogen-bond acceptors (Lipinski definition) is 2. The fourth-order valence-electron chi connectivity index (χ4n) is 1.86. The van der Waals surface area contributed by atoms with Crippen molar-refractivity contribution in [2.45, 2.75) is 33.1 Å². The van der Waals surface area contributed by atoms with Crippen molar-refractivity contribution in [1.82, 2.24) is 9.80 Å². The molecule has 0 aromatic heterocycles. The molecule has 0 aromatic rings. The molecule has 1 aliphatic heterocycles. The predicted molar refractivity (Wildman–Crippen MR) is 58.4 cm³/mol. The molecule has 1 heterocycles. The Morgan fingerprint density at radius 3 is 1.60 bits per heavy atom. The maximum Gasteiger partial charge on any atom is 0.222 e. The van der Waals surface area contributed by atoms with Crippen LogP contribution in [-0.4, -0.2) is 47.8 Å². The summed E-state index contributed by atoms with van der Waals surface area (Å²) in [5.74, 6) is 0.390. The van der Waals surface area contributed by atoms with E-state index in [1.54, 1.807) is 0 Å². The van der Waals surface area contributed by atoms with Crippen LogP contribution in [0.15, 0.2) is 0 Å². The fraction of sp³-hybridized carbons (Fsp3) is 0.818. The average molecular weight is 212 g/mol. The van der Waals surface area contributed by atoms with Gasteiger partial charge in [0.05, 0.1) is 0 Å². The molecule has 0 saturated carbocycles. The molecule has 0 bridgehead atoms. The summed E-state index contributed by atoms with van der Waals surface area (Å²) in [4.78, 5) is 26.7. The van der Waals surface area contributed by atoms with Crippen molar-refractivity contribution in [3.63, 3.8) is 0 Å². The van der Waals surface area contributed by atoms with Crippen molar-refractivity contribution < 1.29 is 9.59 Å². The van der Waals surface area contributed by atoms with Gasteiger partial charge in [-0.2, -0.15) is 0 Å². The van der Waals surface area contributed by atoms with Crippen LogP contribution in [0.3, 0.4) is 0 Å². The van der Waals surface area contributed by atoms with E-state index in [9.17, 15) is 9.59 Å². The Balaban J connectivity index is 2.48. The third-order valence-electron chi connectivity index (χ3n) is 2.81. The standard InChI is InChI=1S/C11H20N2O2/c1-3-10(14)12-6-5-7-13(9-8-12)11(15)4-2/h3-9H2,1-2H3. The smallest absolute Gasteiger partial charge is 0.222 e. The first-order valence-electron chi connectivity index (χ1n) is 5.74. The Bertz CT molecular complexity index is 217. The first-order chi connectivity index (χ1) is 7.19. The molecular weight excluding hydrogens is 192 g/mol. The largest absolute Gasteiger partial charge is 0.341 e. The zero-order valence-electron chi connectivity index (χ0n) is 9.66. The van der Waals surface area contributed by atoms with Crippen molar-refractivity contribution in [3.8, 4) is 0 Å². The summed E-state index contributed by atoms with van der Waals surface area (Å²) in [7, 11) is 0. The molecule has 1 rings (SSSR count). The van der Waals surface area contributed by atoms with Gasteiger partial charge in [0.25, 0.3) is 0 Å². The molecule has 86 valence electrons. The number of amides is 2. The molecule has 0 aromatic carbocycles. The van der Waals surface area contributed by atoms with Crippen molar-refractivity contribution in [2.75, 3.05) is 26.2 Å². The second kappa shape index (κ2) is 5.73. The van der Waals surface area contributed by atoms with E-state index in [2.05, 4.69) is 0 Å². The van der Waals surface area contributed by atoms with Gasteiger partial charge in [0, 0.05) is 39.0 Å². The minimum Gasteiger partial charge on any atom is -0.341 e. The van der Waals surface area contributed by atoms with Gasteiger partial charge in [0.2, 0.25) is 11.8 Å². The zero-order chi connectivity index (χ0) is 11.3. The molecule has 15 heavy (non-hydrogen) atoms. The fourth-order valence-corrected chi connectivity index (χ4v) is 1.86. The number of nitrogens with zero attached hydrogens (tertiary/aromatic N) is 2. The summed E-state index contributed by atoms with van der Waals surface area (Å²) in [5.41, 5.74) is 0. The topological polar surface area (TPSA) is 40.6 Å². The third-order valence-corrected chi connectivity index (χ3v) is 2.81. The van der Waals surface area contributed by atoms with Crippen LogP contribution in [0.5, 0.6) is 0 Å². The quantitative estimate of drug-likeness (QED) is 0.681. The summed E-state index contributed by atoms with van der Waals surface area (Å²) < 4.78 is 0. The van der Waals surface area contributed by atoms with Crippen LogP contribution >= 0.6 is 0 Å². The van der Waals surface area contributed by atoms with Crippen LogP contribution in [0.4, 0.5) is 0 Å². The monoisotopic (exact) mass is 212 g/mol. The average Bonchev–Trinajstić information content (AvgIpc) is 2.52. The van der Waals surface area contributed by atoms with Crippen molar-refractivity contribution in [2.24, 2.45) is 0 Å². The van der Waals surface area contributed by atoms with Gasteiger partial charge >= 0.3 is 0 Å². The Morgan fingerprint density at radius 2 is 1.27 bits per heavy atom. The zero-order valence-corrected chi connectivity index (χ0v) is 9.66. The molecule has 2 amide bonds. The van der Waals surface area contributed by atoms with Crippen molar-refractivity contribution in [1.29, 1.82) is 0 Å². The molecule has 1 fully saturated rings. The lowest BCUT2D eigenvalue weighted by Gasteiger charge is -2.21. The maximum absolute atomic E-state index is 11.5. The lowest BCUT2D eigenvalue weighted by molar-refractivity contribution is -0.133. The van der Waals surface area contributed by atoms with Gasteiger partial charge < -0.3 is 9.80 Å². The van der Waals surface area contributed by atoms with Crippen LogP contribution in [0.1, 0.15) is 33.1 Å². The van der Waals surface area contributed by atoms with Gasteiger partial charge in [-0.15, -0.1) is 0 Å². The van der Waals surface area contributed by atoms with E-state index in [-0.39, 0.29) is 11.8 Å². The molecule has 4 nitrogen and oxygen atoms in total. The van der Waals surface area contributed by atoms with Crippen LogP contribution in [0.25, 0.3) is 0 Å². The minimum atomic E-state index is 0.195. The lowest BCUT2D eigenvalue weighted by Crippen LogP contribution is -2.36. The van der Waals surface area contributed by atoms with E-state index in [1.807, 2.05) is 23.6 Å². The second-order valence-electron chi connectivity index (χ2n) is 3.82. The van der Waals surface area contributed by atoms with Crippen molar-refractivity contribution >= 4 is 11.8 Å². The Hall–Kier alpha value is -1.06. The minimum absolute atomic E-state index is 0.195. The van der Waals surface area contributed by atoms with Crippen LogP contribution in [-0.2, 0) is 9.59 Å². The second-order valence-corrected chi connectivity index (χ2v) is 3.82. The summed E-state index contributed by atoms with van der Waals surface area (Å²) in [5, 5.41) is 0. The van der Waals surface area contributed by atoms with E-state index in [0.717, 1.165) is 19.5 Å². The normalized spacial score (nSPS) is 17.5. The maximum atomic E-state index is 11.5. The van der Waals surface area contributed by atoms with E-state index < -0.39 is 0 Å². The Labute approximate surface area is 91.2 Å². The SMILES string of the molecule is CCC(=O)N1CCCN(C(=O)CC)CC1. The first kappa shape index (κ1) is 12.0. The number of hydrogen-bond donors (Lipinski definition) is 0. The highest BCUT2D eigenvalue weighted by atomic mass is 16.2. The molecule has 0 aliphatic carbocycles. The van der Waals surface area contributed by atoms with Crippen LogP contribution < -0.4 is 0 Å². The Morgan fingerprint density at radius 1 is 0.867 bits per heavy atom. The predicted octanol–water partition coefficient (Wildman–Crippen LogP) is 0.867. The summed E-state index contributed by atoms with van der Waals surface area (Å²) in [6, 6.07) is 0. The van der Waals surface area contributed by atoms with Gasteiger partial charge in [0.15, 0.2) is 0 Å². The van der Waals surface area contributed by atoms with Crippen LogP contribution in [0.2, 0.25) is 0 Å². The van der Waals surface area contributed by atoms with Gasteiger partial charge in [-0.05, 0) is 6.42 Å². The van der Waals surface area contributed by atoms with E-state index >= 15 is 0 Å². The number of carbonyl (C=O) groups is 2. The van der Waals surface area contributed by atoms with Gasteiger partial charge in [-0.1, -0.05) is 13.8 Å². The number of rotatable bonds is 2. The van der Waals surface area contributed by atoms with Crippen molar-refractivity contribution in [3.05, 3.63) is 0 Å². The molecule has 1 aliphatic rings.